The number of ether oxygens (including phenoxy) is 1. The van der Waals surface area contributed by atoms with Gasteiger partial charge in [0.25, 0.3) is 0 Å². The number of halogens is 2. The number of aromatic nitrogens is 4. The maximum atomic E-state index is 16.7. The molecule has 1 fully saturated rings. The Morgan fingerprint density at radius 3 is 2.69 bits per heavy atom. The average molecular weight is 612 g/mol. The fourth-order valence-electron chi connectivity index (χ4n) is 6.04. The van der Waals surface area contributed by atoms with Crippen LogP contribution in [-0.2, 0) is 0 Å². The molecule has 5 N–H and O–H groups in total. The molecule has 1 aliphatic rings. The van der Waals surface area contributed by atoms with Crippen LogP contribution in [-0.4, -0.2) is 61.3 Å². The molecule has 12 heteroatoms. The van der Waals surface area contributed by atoms with Crippen LogP contribution in [0.3, 0.4) is 0 Å². The van der Waals surface area contributed by atoms with Crippen molar-refractivity contribution < 1.29 is 23.7 Å². The SMILES string of the molecule is C#Cc1c(F)ccc2cc(O)cc(-c3nc(O)c4c(NC(C)c5cccnc5N)nc(OCC5C[C@@H](C)CN5C)nc4c3F)c12. The fraction of sp³-hybridized carbons (Fsp3) is 0.273. The lowest BCUT2D eigenvalue weighted by atomic mass is 9.95. The van der Waals surface area contributed by atoms with E-state index in [1.807, 2.05) is 7.05 Å². The lowest BCUT2D eigenvalue weighted by molar-refractivity contribution is 0.188. The molecule has 3 atom stereocenters. The summed E-state index contributed by atoms with van der Waals surface area (Å²) < 4.78 is 37.5. The number of likely N-dealkylation sites (tertiary alicyclic amines) is 1. The summed E-state index contributed by atoms with van der Waals surface area (Å²) in [6.07, 6.45) is 8.10. The van der Waals surface area contributed by atoms with Gasteiger partial charge < -0.3 is 26.0 Å². The van der Waals surface area contributed by atoms with Crippen molar-refractivity contribution in [2.45, 2.75) is 32.4 Å². The van der Waals surface area contributed by atoms with E-state index < -0.39 is 29.3 Å². The lowest BCUT2D eigenvalue weighted by Gasteiger charge is -2.21. The van der Waals surface area contributed by atoms with Crippen LogP contribution in [0.5, 0.6) is 17.6 Å². The summed E-state index contributed by atoms with van der Waals surface area (Å²) in [6.45, 7) is 5.13. The smallest absolute Gasteiger partial charge is 0.319 e. The number of pyridine rings is 2. The maximum Gasteiger partial charge on any atom is 0.319 e. The van der Waals surface area contributed by atoms with Crippen LogP contribution in [0.1, 0.15) is 37.4 Å². The minimum Gasteiger partial charge on any atom is -0.508 e. The molecule has 1 aliphatic heterocycles. The molecule has 1 saturated heterocycles. The maximum absolute atomic E-state index is 16.7. The Morgan fingerprint density at radius 2 is 1.98 bits per heavy atom. The van der Waals surface area contributed by atoms with Gasteiger partial charge in [0.1, 0.15) is 46.4 Å². The zero-order valence-corrected chi connectivity index (χ0v) is 24.8. The van der Waals surface area contributed by atoms with E-state index in [0.29, 0.717) is 16.9 Å². The van der Waals surface area contributed by atoms with Crippen LogP contribution in [0.25, 0.3) is 32.9 Å². The number of nitrogens with two attached hydrogens (primary N) is 1. The van der Waals surface area contributed by atoms with Gasteiger partial charge in [-0.3, -0.25) is 4.90 Å². The monoisotopic (exact) mass is 611 g/mol. The average Bonchev–Trinajstić information content (AvgIpc) is 3.33. The van der Waals surface area contributed by atoms with Gasteiger partial charge in [-0.05, 0) is 56.0 Å². The fourth-order valence-corrected chi connectivity index (χ4v) is 6.04. The number of phenols is 1. The molecule has 2 aromatic carbocycles. The van der Waals surface area contributed by atoms with Crippen LogP contribution < -0.4 is 15.8 Å². The number of fused-ring (bicyclic) bond motifs is 2. The van der Waals surface area contributed by atoms with Gasteiger partial charge in [-0.15, -0.1) is 6.42 Å². The quantitative estimate of drug-likeness (QED) is 0.177. The van der Waals surface area contributed by atoms with E-state index in [1.165, 1.54) is 18.2 Å². The van der Waals surface area contributed by atoms with E-state index in [2.05, 4.69) is 43.0 Å². The van der Waals surface area contributed by atoms with Crippen LogP contribution in [0.4, 0.5) is 20.4 Å². The number of nitrogens with zero attached hydrogens (tertiary/aromatic N) is 5. The predicted molar refractivity (Wildman–Crippen MR) is 168 cm³/mol. The lowest BCUT2D eigenvalue weighted by Crippen LogP contribution is -2.31. The predicted octanol–water partition coefficient (Wildman–Crippen LogP) is 5.39. The van der Waals surface area contributed by atoms with E-state index in [0.717, 1.165) is 19.0 Å². The van der Waals surface area contributed by atoms with Crippen molar-refractivity contribution in [3.8, 4) is 41.2 Å². The van der Waals surface area contributed by atoms with E-state index >= 15 is 4.39 Å². The number of rotatable bonds is 7. The normalized spacial score (nSPS) is 17.4. The molecule has 3 aromatic heterocycles. The molecule has 230 valence electrons. The number of terminal acetylenes is 1. The van der Waals surface area contributed by atoms with E-state index in [4.69, 9.17) is 16.9 Å². The highest BCUT2D eigenvalue weighted by atomic mass is 19.1. The molecular weight excluding hydrogens is 580 g/mol. The number of hydrogen-bond donors (Lipinski definition) is 4. The number of likely N-dealkylation sites (N-methyl/N-ethyl adjacent to an activating group) is 1. The second-order valence-electron chi connectivity index (χ2n) is 11.4. The topological polar surface area (TPSA) is 143 Å². The van der Waals surface area contributed by atoms with Crippen molar-refractivity contribution in [3.63, 3.8) is 0 Å². The molecule has 0 bridgehead atoms. The summed E-state index contributed by atoms with van der Waals surface area (Å²) >= 11 is 0. The summed E-state index contributed by atoms with van der Waals surface area (Å²) in [5, 5.41) is 25.3. The molecule has 6 rings (SSSR count). The van der Waals surface area contributed by atoms with Gasteiger partial charge in [0.2, 0.25) is 5.88 Å². The molecule has 45 heavy (non-hydrogen) atoms. The Morgan fingerprint density at radius 1 is 1.18 bits per heavy atom. The van der Waals surface area contributed by atoms with Crippen LogP contribution >= 0.6 is 0 Å². The Labute approximate surface area is 257 Å². The first-order valence-corrected chi connectivity index (χ1v) is 14.4. The van der Waals surface area contributed by atoms with E-state index in [-0.39, 0.29) is 63.5 Å². The molecule has 0 saturated carbocycles. The minimum absolute atomic E-state index is 0.0270. The number of anilines is 2. The highest BCUT2D eigenvalue weighted by Gasteiger charge is 2.29. The summed E-state index contributed by atoms with van der Waals surface area (Å²) in [4.78, 5) is 19.3. The van der Waals surface area contributed by atoms with Crippen LogP contribution in [0, 0.1) is 29.9 Å². The van der Waals surface area contributed by atoms with Crippen LogP contribution in [0.15, 0.2) is 42.6 Å². The molecule has 0 spiro atoms. The Kier molecular flexibility index (Phi) is 7.72. The minimum atomic E-state index is -0.961. The second-order valence-corrected chi connectivity index (χ2v) is 11.4. The van der Waals surface area contributed by atoms with Gasteiger partial charge >= 0.3 is 6.01 Å². The molecule has 5 aromatic rings. The van der Waals surface area contributed by atoms with Gasteiger partial charge in [-0.25, -0.2) is 18.7 Å². The first-order valence-electron chi connectivity index (χ1n) is 14.4. The number of nitrogens with one attached hydrogen (secondary N) is 1. The van der Waals surface area contributed by atoms with Crippen molar-refractivity contribution in [2.24, 2.45) is 5.92 Å². The first kappa shape index (κ1) is 29.8. The van der Waals surface area contributed by atoms with Crippen LogP contribution in [0.2, 0.25) is 0 Å². The molecular formula is C33H31F2N7O3. The highest BCUT2D eigenvalue weighted by molar-refractivity contribution is 6.04. The number of nitrogen functional groups attached to an aromatic ring is 1. The Hall–Kier alpha value is -5.28. The van der Waals surface area contributed by atoms with Gasteiger partial charge in [-0.1, -0.05) is 25.0 Å². The van der Waals surface area contributed by atoms with Gasteiger partial charge in [0.05, 0.1) is 11.6 Å². The summed E-state index contributed by atoms with van der Waals surface area (Å²) in [5.74, 6) is 0.612. The second kappa shape index (κ2) is 11.7. The van der Waals surface area contributed by atoms with Gasteiger partial charge in [0.15, 0.2) is 5.82 Å². The molecule has 0 amide bonds. The summed E-state index contributed by atoms with van der Waals surface area (Å²) in [7, 11) is 2.01. The third-order valence-corrected chi connectivity index (χ3v) is 8.19. The largest absolute Gasteiger partial charge is 0.508 e. The molecule has 10 nitrogen and oxygen atoms in total. The zero-order valence-electron chi connectivity index (χ0n) is 24.8. The Balaban J connectivity index is 1.54. The standard InChI is InChI=1S/C33H31F2N7O3/c1-5-21-24(34)9-8-18-12-20(43)13-23(25(18)21)28-27(35)29-26(32(44)39-28)31(38-17(3)22-7-6-10-37-30(22)36)41-33(40-29)45-15-19-11-16(2)14-42(19)4/h1,6-10,12-13,16-17,19,43H,11,14-15H2,2-4H3,(H2,36,37)(H,39,44)(H,38,40,41)/t16-,17?,19?/m1/s1. The van der Waals surface area contributed by atoms with E-state index in [9.17, 15) is 14.6 Å². The number of benzene rings is 2. The van der Waals surface area contributed by atoms with Crippen molar-refractivity contribution in [2.75, 3.05) is 31.2 Å². The van der Waals surface area contributed by atoms with Crippen molar-refractivity contribution in [1.29, 1.82) is 0 Å². The summed E-state index contributed by atoms with van der Waals surface area (Å²) in [5.41, 5.74) is 5.87. The Bertz CT molecular complexity index is 2000. The highest BCUT2D eigenvalue weighted by Crippen LogP contribution is 2.41. The first-order chi connectivity index (χ1) is 21.5. The van der Waals surface area contributed by atoms with Gasteiger partial charge in [-0.2, -0.15) is 9.97 Å². The zero-order chi connectivity index (χ0) is 32.0. The van der Waals surface area contributed by atoms with E-state index in [1.54, 1.807) is 25.3 Å². The van der Waals surface area contributed by atoms with Crippen molar-refractivity contribution in [3.05, 3.63) is 65.4 Å². The summed E-state index contributed by atoms with van der Waals surface area (Å²) in [6, 6.07) is 8.16. The molecule has 0 radical (unpaired) electrons. The molecule has 4 heterocycles. The molecule has 0 aliphatic carbocycles. The number of aromatic hydroxyl groups is 2. The third kappa shape index (κ3) is 5.47. The van der Waals surface area contributed by atoms with Crippen molar-refractivity contribution >= 4 is 33.3 Å². The van der Waals surface area contributed by atoms with Crippen molar-refractivity contribution in [1.82, 2.24) is 24.8 Å². The van der Waals surface area contributed by atoms with Gasteiger partial charge in [0, 0.05) is 35.3 Å². The third-order valence-electron chi connectivity index (χ3n) is 8.19. The molecule has 2 unspecified atom stereocenters. The number of hydrogen-bond acceptors (Lipinski definition) is 10. The number of phenolic OH excluding ortho intramolecular Hbond substituents is 1.